The van der Waals surface area contributed by atoms with Crippen LogP contribution in [0.3, 0.4) is 0 Å². The van der Waals surface area contributed by atoms with Crippen molar-refractivity contribution >= 4 is 35.0 Å². The third kappa shape index (κ3) is 6.52. The largest absolute Gasteiger partial charge is 0.405 e. The lowest BCUT2D eigenvalue weighted by Crippen LogP contribution is -2.60. The Balaban J connectivity index is 0.00000320. The lowest BCUT2D eigenvalue weighted by molar-refractivity contribution is -0.123. The number of H-pyrrole nitrogens is 1. The molecule has 2 aromatic heterocycles. The molecule has 0 radical (unpaired) electrons. The molecule has 13 heteroatoms. The van der Waals surface area contributed by atoms with E-state index >= 15 is 0 Å². The van der Waals surface area contributed by atoms with Crippen LogP contribution in [0, 0.1) is 12.8 Å². The first-order chi connectivity index (χ1) is 17.1. The minimum Gasteiger partial charge on any atom is -0.365 e. The van der Waals surface area contributed by atoms with Gasteiger partial charge >= 0.3 is 6.18 Å². The van der Waals surface area contributed by atoms with E-state index < -0.39 is 24.3 Å². The van der Waals surface area contributed by atoms with Gasteiger partial charge in [0.05, 0.1) is 13.1 Å². The number of carbonyl (C=O) groups excluding carboxylic acids is 1. The lowest BCUT2D eigenvalue weighted by atomic mass is 9.90. The lowest BCUT2D eigenvalue weighted by Gasteiger charge is -2.46. The zero-order chi connectivity index (χ0) is 25.5. The number of halogens is 4. The number of hydrogen-bond acceptors (Lipinski definition) is 7. The fourth-order valence-corrected chi connectivity index (χ4v) is 4.95. The summed E-state index contributed by atoms with van der Waals surface area (Å²) in [5.41, 5.74) is 0.712. The van der Waals surface area contributed by atoms with E-state index in [1.165, 1.54) is 23.9 Å². The Morgan fingerprint density at radius 1 is 1.16 bits per heavy atom. The molecule has 5 rings (SSSR count). The van der Waals surface area contributed by atoms with Gasteiger partial charge in [-0.15, -0.1) is 0 Å². The highest BCUT2D eigenvalue weighted by Crippen LogP contribution is 2.48. The molecule has 1 saturated heterocycles. The highest BCUT2D eigenvalue weighted by Gasteiger charge is 2.54. The van der Waals surface area contributed by atoms with Gasteiger partial charge in [-0.05, 0) is 56.0 Å². The SMILES string of the molecule is Cc1cc(Nc2cc(N3CC(F)(C4CC4)C3)cc(Sc3ccc(C(=O)NCC(F)(F)F)cc3)n2)n[nH]1.N. The molecule has 0 unspecified atom stereocenters. The molecule has 3 aromatic rings. The predicted molar refractivity (Wildman–Crippen MR) is 134 cm³/mol. The van der Waals surface area contributed by atoms with Crippen molar-refractivity contribution in [2.45, 2.75) is 41.5 Å². The van der Waals surface area contributed by atoms with Gasteiger partial charge in [0.2, 0.25) is 0 Å². The summed E-state index contributed by atoms with van der Waals surface area (Å²) >= 11 is 1.33. The summed E-state index contributed by atoms with van der Waals surface area (Å²) in [6, 6.07) is 11.8. The molecular formula is C24H27F4N7OS. The number of carbonyl (C=O) groups is 1. The molecule has 1 saturated carbocycles. The maximum atomic E-state index is 15.0. The number of nitrogens with one attached hydrogen (secondary N) is 3. The second-order valence-corrected chi connectivity index (χ2v) is 10.3. The van der Waals surface area contributed by atoms with E-state index in [2.05, 4.69) is 20.5 Å². The summed E-state index contributed by atoms with van der Waals surface area (Å²) in [6.45, 7) is 1.18. The quantitative estimate of drug-likeness (QED) is 0.284. The van der Waals surface area contributed by atoms with E-state index in [1.807, 2.05) is 35.3 Å². The number of amides is 1. The topological polar surface area (TPSA) is 121 Å². The van der Waals surface area contributed by atoms with Crippen LogP contribution in [-0.4, -0.2) is 52.6 Å². The third-order valence-corrected chi connectivity index (χ3v) is 7.04. The maximum absolute atomic E-state index is 15.0. The highest BCUT2D eigenvalue weighted by molar-refractivity contribution is 7.99. The van der Waals surface area contributed by atoms with E-state index in [0.29, 0.717) is 29.8 Å². The summed E-state index contributed by atoms with van der Waals surface area (Å²) in [4.78, 5) is 19.3. The number of alkyl halides is 4. The molecule has 1 amide bonds. The Labute approximate surface area is 215 Å². The van der Waals surface area contributed by atoms with Crippen molar-refractivity contribution < 1.29 is 22.4 Å². The van der Waals surface area contributed by atoms with Crippen LogP contribution in [-0.2, 0) is 0 Å². The summed E-state index contributed by atoms with van der Waals surface area (Å²) < 4.78 is 52.0. The van der Waals surface area contributed by atoms with Gasteiger partial charge in [-0.25, -0.2) is 9.37 Å². The average molecular weight is 538 g/mol. The van der Waals surface area contributed by atoms with Gasteiger partial charge in [0.15, 0.2) is 5.82 Å². The normalized spacial score (nSPS) is 16.5. The standard InChI is InChI=1S/C24H24F4N6OS.H3N/c1-14-8-20(33-32-14)30-19-9-17(34-12-23(25,13-34)16-4-5-16)10-21(31-19)36-18-6-2-15(3-7-18)22(35)29-11-24(26,27)28;/h2-3,6-10,16H,4-5,11-13H2,1H3,(H,29,35)(H2,30,31,32,33);1H3. The number of rotatable bonds is 8. The second-order valence-electron chi connectivity index (χ2n) is 9.20. The zero-order valence-electron chi connectivity index (χ0n) is 20.0. The Hall–Kier alpha value is -3.32. The predicted octanol–water partition coefficient (Wildman–Crippen LogP) is 5.40. The van der Waals surface area contributed by atoms with E-state index in [9.17, 15) is 22.4 Å². The molecule has 0 atom stereocenters. The average Bonchev–Trinajstić information content (AvgIpc) is 3.58. The monoisotopic (exact) mass is 537 g/mol. The number of aryl methyl sites for hydroxylation is 1. The number of aromatic amines is 1. The minimum atomic E-state index is -4.47. The zero-order valence-corrected chi connectivity index (χ0v) is 20.8. The Morgan fingerprint density at radius 2 is 1.86 bits per heavy atom. The summed E-state index contributed by atoms with van der Waals surface area (Å²) in [5.74, 6) is 0.505. The first-order valence-electron chi connectivity index (χ1n) is 11.4. The van der Waals surface area contributed by atoms with Gasteiger partial charge in [0, 0.05) is 34.0 Å². The molecule has 2 fully saturated rings. The van der Waals surface area contributed by atoms with Crippen molar-refractivity contribution in [2.24, 2.45) is 5.92 Å². The fraction of sp³-hybridized carbons (Fsp3) is 0.375. The maximum Gasteiger partial charge on any atom is 0.405 e. The third-order valence-electron chi connectivity index (χ3n) is 6.12. The number of anilines is 3. The molecule has 1 aliphatic carbocycles. The van der Waals surface area contributed by atoms with Gasteiger partial charge in [-0.3, -0.25) is 9.89 Å². The van der Waals surface area contributed by atoms with Gasteiger partial charge < -0.3 is 21.7 Å². The number of pyridine rings is 1. The van der Waals surface area contributed by atoms with Crippen LogP contribution in [0.2, 0.25) is 0 Å². The number of nitrogens with zero attached hydrogens (tertiary/aromatic N) is 3. The molecule has 1 aromatic carbocycles. The van der Waals surface area contributed by atoms with Gasteiger partial charge in [-0.1, -0.05) is 11.8 Å². The Kier molecular flexibility index (Phi) is 7.38. The van der Waals surface area contributed by atoms with Crippen LogP contribution in [0.4, 0.5) is 34.9 Å². The molecular weight excluding hydrogens is 510 g/mol. The molecule has 3 heterocycles. The minimum absolute atomic E-state index is 0. The van der Waals surface area contributed by atoms with Crippen LogP contribution >= 0.6 is 11.8 Å². The Bertz CT molecular complexity index is 1250. The molecule has 8 nitrogen and oxygen atoms in total. The van der Waals surface area contributed by atoms with Crippen LogP contribution < -0.4 is 21.7 Å². The number of hydrogen-bond donors (Lipinski definition) is 4. The Morgan fingerprint density at radius 3 is 2.46 bits per heavy atom. The molecule has 198 valence electrons. The summed E-state index contributed by atoms with van der Waals surface area (Å²) in [7, 11) is 0. The molecule has 1 aliphatic heterocycles. The van der Waals surface area contributed by atoms with Crippen LogP contribution in [0.15, 0.2) is 52.4 Å². The first-order valence-corrected chi connectivity index (χ1v) is 12.3. The second kappa shape index (κ2) is 10.2. The van der Waals surface area contributed by atoms with E-state index in [1.54, 1.807) is 12.1 Å². The fourth-order valence-electron chi connectivity index (χ4n) is 4.11. The van der Waals surface area contributed by atoms with Crippen molar-refractivity contribution in [3.63, 3.8) is 0 Å². The molecule has 0 spiro atoms. The number of aromatic nitrogens is 3. The van der Waals surface area contributed by atoms with E-state index in [0.717, 1.165) is 29.1 Å². The number of benzene rings is 1. The van der Waals surface area contributed by atoms with Gasteiger partial charge in [-0.2, -0.15) is 18.3 Å². The van der Waals surface area contributed by atoms with Crippen molar-refractivity contribution in [3.05, 3.63) is 53.7 Å². The summed E-state index contributed by atoms with van der Waals surface area (Å²) in [6.07, 6.45) is -2.59. The van der Waals surface area contributed by atoms with Crippen molar-refractivity contribution in [3.8, 4) is 0 Å². The van der Waals surface area contributed by atoms with E-state index in [-0.39, 0.29) is 17.6 Å². The molecule has 37 heavy (non-hydrogen) atoms. The summed E-state index contributed by atoms with van der Waals surface area (Å²) in [5, 5.41) is 12.7. The molecule has 2 aliphatic rings. The van der Waals surface area contributed by atoms with Crippen LogP contribution in [0.1, 0.15) is 28.9 Å². The van der Waals surface area contributed by atoms with Crippen molar-refractivity contribution in [1.82, 2.24) is 26.6 Å². The first kappa shape index (κ1) is 26.7. The van der Waals surface area contributed by atoms with Crippen molar-refractivity contribution in [2.75, 3.05) is 29.9 Å². The van der Waals surface area contributed by atoms with Gasteiger partial charge in [0.25, 0.3) is 5.91 Å². The van der Waals surface area contributed by atoms with E-state index in [4.69, 9.17) is 0 Å². The van der Waals surface area contributed by atoms with Crippen molar-refractivity contribution in [1.29, 1.82) is 0 Å². The van der Waals surface area contributed by atoms with Gasteiger partial charge in [0.1, 0.15) is 23.1 Å². The van der Waals surface area contributed by atoms with Crippen LogP contribution in [0.5, 0.6) is 0 Å². The van der Waals surface area contributed by atoms with Crippen LogP contribution in [0.25, 0.3) is 0 Å². The smallest absolute Gasteiger partial charge is 0.365 e. The molecule has 0 bridgehead atoms. The molecule has 6 N–H and O–H groups in total. The highest BCUT2D eigenvalue weighted by atomic mass is 32.2.